The maximum absolute atomic E-state index is 13.2. The van der Waals surface area contributed by atoms with Crippen LogP contribution in [-0.4, -0.2) is 46.4 Å². The van der Waals surface area contributed by atoms with Crippen LogP contribution in [-0.2, 0) is 4.74 Å². The summed E-state index contributed by atoms with van der Waals surface area (Å²) in [6, 6.07) is 9.37. The first-order chi connectivity index (χ1) is 15.6. The van der Waals surface area contributed by atoms with Gasteiger partial charge in [0.25, 0.3) is 5.91 Å². The molecule has 0 radical (unpaired) electrons. The minimum Gasteiger partial charge on any atom is -0.448 e. The largest absolute Gasteiger partial charge is 0.448 e. The zero-order valence-electron chi connectivity index (χ0n) is 18.3. The second-order valence-corrected chi connectivity index (χ2v) is 8.46. The Morgan fingerprint density at radius 1 is 1.33 bits per heavy atom. The number of nitrogens with zero attached hydrogens (tertiary/aromatic N) is 5. The molecule has 0 bridgehead atoms. The van der Waals surface area contributed by atoms with E-state index >= 15 is 0 Å². The van der Waals surface area contributed by atoms with Gasteiger partial charge in [0.2, 0.25) is 0 Å². The molecule has 1 aliphatic rings. The normalized spacial score (nSPS) is 18.2. The Morgan fingerprint density at radius 2 is 2.03 bits per heavy atom. The molecule has 1 aliphatic heterocycles. The number of halogens is 1. The number of amides is 2. The minimum atomic E-state index is -0.809. The predicted molar refractivity (Wildman–Crippen MR) is 115 cm³/mol. The molecule has 0 aliphatic carbocycles. The number of nitrogens with one attached hydrogen (secondary N) is 1. The monoisotopic (exact) mass is 453 g/mol. The molecule has 3 rings (SSSR count). The van der Waals surface area contributed by atoms with E-state index in [0.717, 1.165) is 0 Å². The summed E-state index contributed by atoms with van der Waals surface area (Å²) in [5.74, 6) is -1.54. The van der Waals surface area contributed by atoms with Crippen LogP contribution in [0.5, 0.6) is 0 Å². The van der Waals surface area contributed by atoms with Gasteiger partial charge < -0.3 is 20.7 Å². The first-order valence-corrected chi connectivity index (χ1v) is 10.3. The summed E-state index contributed by atoms with van der Waals surface area (Å²) in [7, 11) is 0. The molecule has 1 aromatic carbocycles. The molecule has 1 saturated heterocycles. The maximum atomic E-state index is 13.2. The van der Waals surface area contributed by atoms with E-state index in [0.29, 0.717) is 18.7 Å². The third-order valence-corrected chi connectivity index (χ3v) is 5.30. The van der Waals surface area contributed by atoms with E-state index in [1.54, 1.807) is 13.8 Å². The number of piperidine rings is 1. The number of rotatable bonds is 6. The molecule has 2 heterocycles. The smallest absolute Gasteiger partial charge is 0.409 e. The first-order valence-electron chi connectivity index (χ1n) is 10.3. The van der Waals surface area contributed by atoms with Crippen molar-refractivity contribution in [2.45, 2.75) is 26.3 Å². The molecule has 10 nitrogen and oxygen atoms in total. The fourth-order valence-electron chi connectivity index (χ4n) is 3.42. The van der Waals surface area contributed by atoms with Crippen molar-refractivity contribution in [1.82, 2.24) is 14.7 Å². The highest BCUT2D eigenvalue weighted by atomic mass is 19.1. The molecule has 11 heteroatoms. The fourth-order valence-corrected chi connectivity index (χ4v) is 3.42. The number of likely N-dealkylation sites (tertiary alicyclic amines) is 1. The quantitative estimate of drug-likeness (QED) is 0.682. The number of benzene rings is 1. The molecule has 1 fully saturated rings. The lowest BCUT2D eigenvalue weighted by Gasteiger charge is -2.35. The molecule has 0 spiro atoms. The van der Waals surface area contributed by atoms with Crippen LogP contribution in [0.2, 0.25) is 0 Å². The van der Waals surface area contributed by atoms with Crippen molar-refractivity contribution < 1.29 is 18.7 Å². The second-order valence-electron chi connectivity index (χ2n) is 8.46. The molecule has 2 unspecified atom stereocenters. The van der Waals surface area contributed by atoms with E-state index in [9.17, 15) is 19.2 Å². The fraction of sp³-hybridized carbons (Fsp3) is 0.409. The summed E-state index contributed by atoms with van der Waals surface area (Å²) >= 11 is 0. The predicted octanol–water partition coefficient (Wildman–Crippen LogP) is 2.94. The highest BCUT2D eigenvalue weighted by Gasteiger charge is 2.35. The third-order valence-electron chi connectivity index (χ3n) is 5.30. The lowest BCUT2D eigenvalue weighted by Crippen LogP contribution is -2.45. The third kappa shape index (κ3) is 5.57. The Bertz CT molecular complexity index is 1110. The lowest BCUT2D eigenvalue weighted by atomic mass is 9.93. The van der Waals surface area contributed by atoms with Crippen LogP contribution in [0.1, 0.15) is 36.7 Å². The number of nitrogens with two attached hydrogens (primary N) is 1. The van der Waals surface area contributed by atoms with Gasteiger partial charge in [-0.2, -0.15) is 15.6 Å². The summed E-state index contributed by atoms with van der Waals surface area (Å²) in [6.45, 7) is 3.69. The zero-order chi connectivity index (χ0) is 24.2. The Kier molecular flexibility index (Phi) is 6.83. The van der Waals surface area contributed by atoms with Crippen LogP contribution in [0.15, 0.2) is 30.5 Å². The van der Waals surface area contributed by atoms with Crippen molar-refractivity contribution in [3.8, 4) is 12.1 Å². The molecule has 2 amide bonds. The number of anilines is 2. The molecule has 3 N–H and O–H groups in total. The van der Waals surface area contributed by atoms with Gasteiger partial charge >= 0.3 is 6.09 Å². The van der Waals surface area contributed by atoms with Gasteiger partial charge in [-0.25, -0.2) is 9.18 Å². The van der Waals surface area contributed by atoms with Crippen LogP contribution >= 0.6 is 0 Å². The number of hydrogen-bond donors (Lipinski definition) is 2. The molecule has 172 valence electrons. The van der Waals surface area contributed by atoms with Gasteiger partial charge in [-0.05, 0) is 44.5 Å². The van der Waals surface area contributed by atoms with E-state index in [-0.39, 0.29) is 24.5 Å². The molecular weight excluding hydrogens is 429 g/mol. The van der Waals surface area contributed by atoms with Gasteiger partial charge in [0.1, 0.15) is 18.0 Å². The summed E-state index contributed by atoms with van der Waals surface area (Å²) in [5, 5.41) is 26.1. The van der Waals surface area contributed by atoms with Crippen molar-refractivity contribution in [2.24, 2.45) is 17.1 Å². The van der Waals surface area contributed by atoms with E-state index < -0.39 is 35.2 Å². The number of hydrogen-bond acceptors (Lipinski definition) is 7. The van der Waals surface area contributed by atoms with Crippen LogP contribution in [0.25, 0.3) is 0 Å². The lowest BCUT2D eigenvalue weighted by molar-refractivity contribution is 0.0618. The number of nitriles is 2. The summed E-state index contributed by atoms with van der Waals surface area (Å²) in [5.41, 5.74) is 5.32. The maximum Gasteiger partial charge on any atom is 0.409 e. The van der Waals surface area contributed by atoms with Gasteiger partial charge in [0.05, 0.1) is 29.5 Å². The molecule has 33 heavy (non-hydrogen) atoms. The standard InChI is InChI=1S/C22H24FN7O3/c1-22(2,12-25)13-33-21(32)29-8-7-18(14(9-24)10-29)30-11-17(19(26)31)20(28-30)27-16-5-3-15(23)4-6-16/h3-6,11,14,18H,7-8,10,13H2,1-2H3,(H2,26,31)(H,27,28). The SMILES string of the molecule is CC(C)(C#N)COC(=O)N1CCC(n2cc(C(N)=O)c(Nc3ccc(F)cc3)n2)C(C#N)C1. The molecule has 2 aromatic rings. The average Bonchev–Trinajstić information content (AvgIpc) is 3.22. The summed E-state index contributed by atoms with van der Waals surface area (Å²) < 4.78 is 19.9. The van der Waals surface area contributed by atoms with Gasteiger partial charge in [-0.3, -0.25) is 9.48 Å². The minimum absolute atomic E-state index is 0.0565. The second kappa shape index (κ2) is 9.57. The summed E-state index contributed by atoms with van der Waals surface area (Å²) in [6.07, 6.45) is 1.27. The first kappa shape index (κ1) is 23.5. The van der Waals surface area contributed by atoms with E-state index in [2.05, 4.69) is 22.6 Å². The molecule has 1 aromatic heterocycles. The van der Waals surface area contributed by atoms with Crippen molar-refractivity contribution in [1.29, 1.82) is 10.5 Å². The van der Waals surface area contributed by atoms with Crippen molar-refractivity contribution in [3.05, 3.63) is 41.8 Å². The van der Waals surface area contributed by atoms with E-state index in [1.807, 2.05) is 0 Å². The number of carbonyl (C=O) groups excluding carboxylic acids is 2. The zero-order valence-corrected chi connectivity index (χ0v) is 18.3. The van der Waals surface area contributed by atoms with Crippen LogP contribution in [0.4, 0.5) is 20.7 Å². The van der Waals surface area contributed by atoms with Crippen molar-refractivity contribution in [3.63, 3.8) is 0 Å². The van der Waals surface area contributed by atoms with Gasteiger partial charge in [0.15, 0.2) is 5.82 Å². The Balaban J connectivity index is 1.75. The number of carbonyl (C=O) groups is 2. The van der Waals surface area contributed by atoms with Gasteiger partial charge in [0, 0.05) is 25.0 Å². The molecule has 2 atom stereocenters. The van der Waals surface area contributed by atoms with E-state index in [1.165, 1.54) is 40.0 Å². The highest BCUT2D eigenvalue weighted by Crippen LogP contribution is 2.30. The highest BCUT2D eigenvalue weighted by molar-refractivity contribution is 5.98. The van der Waals surface area contributed by atoms with Gasteiger partial charge in [-0.1, -0.05) is 0 Å². The molecular formula is C22H24FN7O3. The van der Waals surface area contributed by atoms with Crippen LogP contribution < -0.4 is 11.1 Å². The van der Waals surface area contributed by atoms with Crippen LogP contribution in [0, 0.1) is 39.8 Å². The number of aromatic nitrogens is 2. The van der Waals surface area contributed by atoms with Gasteiger partial charge in [-0.15, -0.1) is 0 Å². The van der Waals surface area contributed by atoms with Crippen molar-refractivity contribution >= 4 is 23.5 Å². The average molecular weight is 453 g/mol. The van der Waals surface area contributed by atoms with Crippen molar-refractivity contribution in [2.75, 3.05) is 25.0 Å². The topological polar surface area (TPSA) is 150 Å². The van der Waals surface area contributed by atoms with E-state index in [4.69, 9.17) is 15.7 Å². The number of primary amides is 1. The summed E-state index contributed by atoms with van der Waals surface area (Å²) in [4.78, 5) is 25.8. The molecule has 0 saturated carbocycles. The Morgan fingerprint density at radius 3 is 2.64 bits per heavy atom. The Labute approximate surface area is 190 Å². The Hall–Kier alpha value is -4.12. The van der Waals surface area contributed by atoms with Crippen LogP contribution in [0.3, 0.4) is 0 Å². The number of ether oxygens (including phenoxy) is 1.